The number of halogens is 2. The van der Waals surface area contributed by atoms with Crippen molar-refractivity contribution in [3.8, 4) is 22.9 Å². The first kappa shape index (κ1) is 19.5. The van der Waals surface area contributed by atoms with Crippen LogP contribution in [0.2, 0.25) is 0 Å². The third-order valence-electron chi connectivity index (χ3n) is 5.20. The molecule has 6 heteroatoms. The highest BCUT2D eigenvalue weighted by atomic mass is 79.9. The van der Waals surface area contributed by atoms with Gasteiger partial charge in [-0.3, -0.25) is 0 Å². The van der Waals surface area contributed by atoms with Gasteiger partial charge in [0.2, 0.25) is 11.8 Å². The number of rotatable bonds is 4. The number of oxazole rings is 2. The molecule has 5 aromatic rings. The summed E-state index contributed by atoms with van der Waals surface area (Å²) in [4.78, 5) is 9.36. The summed E-state index contributed by atoms with van der Waals surface area (Å²) >= 11 is 7.18. The Hall–Kier alpha value is -2.44. The van der Waals surface area contributed by atoms with E-state index in [1.54, 1.807) is 0 Å². The normalized spacial score (nSPS) is 11.6. The fraction of sp³-hybridized carbons (Fsp3) is 0.167. The van der Waals surface area contributed by atoms with Crippen molar-refractivity contribution in [3.05, 3.63) is 68.6 Å². The lowest BCUT2D eigenvalue weighted by Gasteiger charge is -1.98. The monoisotopic (exact) mass is 524 g/mol. The summed E-state index contributed by atoms with van der Waals surface area (Å²) < 4.78 is 13.9. The first-order chi connectivity index (χ1) is 14.6. The predicted molar refractivity (Wildman–Crippen MR) is 127 cm³/mol. The van der Waals surface area contributed by atoms with E-state index in [0.717, 1.165) is 55.1 Å². The Morgan fingerprint density at radius 3 is 1.43 bits per heavy atom. The van der Waals surface area contributed by atoms with Gasteiger partial charge in [0.1, 0.15) is 11.0 Å². The summed E-state index contributed by atoms with van der Waals surface area (Å²) in [5.74, 6) is 1.19. The second-order valence-corrected chi connectivity index (χ2v) is 8.88. The molecule has 0 spiro atoms. The standard InChI is InChI=1S/C24H18Br2N2O2/c1-3-13-9-17(25)21-19(11-13)27-23(29-21)15-5-7-16(8-6-15)24-28-20-12-14(4-2)10-18(26)22(20)30-24/h5-12H,3-4H2,1-2H3. The van der Waals surface area contributed by atoms with Gasteiger partial charge in [0.15, 0.2) is 11.2 Å². The zero-order valence-electron chi connectivity index (χ0n) is 16.5. The highest BCUT2D eigenvalue weighted by Gasteiger charge is 2.15. The molecule has 150 valence electrons. The topological polar surface area (TPSA) is 52.1 Å². The number of benzene rings is 3. The molecule has 0 aliphatic rings. The van der Waals surface area contributed by atoms with Crippen molar-refractivity contribution >= 4 is 54.1 Å². The Balaban J connectivity index is 1.51. The van der Waals surface area contributed by atoms with Crippen LogP contribution in [0, 0.1) is 0 Å². The molecule has 2 heterocycles. The van der Waals surface area contributed by atoms with E-state index < -0.39 is 0 Å². The van der Waals surface area contributed by atoms with E-state index in [1.165, 1.54) is 11.1 Å². The molecule has 0 bridgehead atoms. The van der Waals surface area contributed by atoms with E-state index in [1.807, 2.05) is 24.3 Å². The van der Waals surface area contributed by atoms with E-state index in [9.17, 15) is 0 Å². The molecule has 30 heavy (non-hydrogen) atoms. The van der Waals surface area contributed by atoms with Crippen LogP contribution in [0.5, 0.6) is 0 Å². The molecule has 0 saturated heterocycles. The summed E-state index contributed by atoms with van der Waals surface area (Å²) in [5.41, 5.74) is 7.50. The van der Waals surface area contributed by atoms with Gasteiger partial charge in [0, 0.05) is 11.1 Å². The van der Waals surface area contributed by atoms with Crippen LogP contribution in [0.15, 0.2) is 66.3 Å². The zero-order valence-corrected chi connectivity index (χ0v) is 19.7. The van der Waals surface area contributed by atoms with Crippen LogP contribution in [-0.4, -0.2) is 9.97 Å². The maximum absolute atomic E-state index is 6.02. The number of aryl methyl sites for hydroxylation is 2. The highest BCUT2D eigenvalue weighted by molar-refractivity contribution is 9.11. The fourth-order valence-corrected chi connectivity index (χ4v) is 4.66. The zero-order chi connectivity index (χ0) is 20.8. The van der Waals surface area contributed by atoms with Crippen molar-refractivity contribution in [1.82, 2.24) is 9.97 Å². The Morgan fingerprint density at radius 1 is 0.667 bits per heavy atom. The van der Waals surface area contributed by atoms with Gasteiger partial charge in [-0.15, -0.1) is 0 Å². The second-order valence-electron chi connectivity index (χ2n) is 7.17. The van der Waals surface area contributed by atoms with Crippen LogP contribution in [0.3, 0.4) is 0 Å². The number of aromatic nitrogens is 2. The van der Waals surface area contributed by atoms with Gasteiger partial charge >= 0.3 is 0 Å². The molecule has 0 fully saturated rings. The summed E-state index contributed by atoms with van der Waals surface area (Å²) in [5, 5.41) is 0. The second kappa shape index (κ2) is 7.67. The molecule has 4 nitrogen and oxygen atoms in total. The molecule has 0 radical (unpaired) electrons. The van der Waals surface area contributed by atoms with Crippen LogP contribution in [-0.2, 0) is 12.8 Å². The van der Waals surface area contributed by atoms with Gasteiger partial charge in [-0.25, -0.2) is 9.97 Å². The lowest BCUT2D eigenvalue weighted by atomic mass is 10.1. The summed E-state index contributed by atoms with van der Waals surface area (Å²) in [6.45, 7) is 4.25. The summed E-state index contributed by atoms with van der Waals surface area (Å²) in [6.07, 6.45) is 1.90. The fourth-order valence-electron chi connectivity index (χ4n) is 3.50. The molecular formula is C24H18Br2N2O2. The average molecular weight is 526 g/mol. The molecule has 0 saturated carbocycles. The minimum atomic E-state index is 0.596. The van der Waals surface area contributed by atoms with Gasteiger partial charge in [-0.2, -0.15) is 0 Å². The Bertz CT molecular complexity index is 1280. The Morgan fingerprint density at radius 2 is 1.07 bits per heavy atom. The smallest absolute Gasteiger partial charge is 0.227 e. The van der Waals surface area contributed by atoms with E-state index >= 15 is 0 Å². The van der Waals surface area contributed by atoms with Gasteiger partial charge in [0.05, 0.1) is 8.95 Å². The number of hydrogen-bond donors (Lipinski definition) is 0. The maximum atomic E-state index is 6.02. The first-order valence-electron chi connectivity index (χ1n) is 9.84. The van der Waals surface area contributed by atoms with Gasteiger partial charge in [-0.05, 0) is 104 Å². The lowest BCUT2D eigenvalue weighted by molar-refractivity contribution is 0.616. The van der Waals surface area contributed by atoms with E-state index in [2.05, 4.69) is 79.9 Å². The van der Waals surface area contributed by atoms with Crippen molar-refractivity contribution in [2.24, 2.45) is 0 Å². The van der Waals surface area contributed by atoms with Crippen LogP contribution >= 0.6 is 31.9 Å². The SMILES string of the molecule is CCc1cc(Br)c2oc(-c3ccc(-c4nc5cc(CC)cc(Br)c5o4)cc3)nc2c1. The highest BCUT2D eigenvalue weighted by Crippen LogP contribution is 2.34. The van der Waals surface area contributed by atoms with Crippen LogP contribution < -0.4 is 0 Å². The average Bonchev–Trinajstić information content (AvgIpc) is 3.38. The molecule has 2 aromatic heterocycles. The number of nitrogens with zero attached hydrogens (tertiary/aromatic N) is 2. The number of hydrogen-bond acceptors (Lipinski definition) is 4. The van der Waals surface area contributed by atoms with Gasteiger partial charge in [-0.1, -0.05) is 13.8 Å². The van der Waals surface area contributed by atoms with Crippen molar-refractivity contribution < 1.29 is 8.83 Å². The predicted octanol–water partition coefficient (Wildman–Crippen LogP) is 7.95. The molecule has 0 N–H and O–H groups in total. The van der Waals surface area contributed by atoms with Gasteiger partial charge in [0.25, 0.3) is 0 Å². The minimum absolute atomic E-state index is 0.596. The molecule has 0 atom stereocenters. The third-order valence-corrected chi connectivity index (χ3v) is 6.38. The Labute approximate surface area is 190 Å². The Kier molecular flexibility index (Phi) is 4.99. The summed E-state index contributed by atoms with van der Waals surface area (Å²) in [7, 11) is 0. The molecule has 5 rings (SSSR count). The first-order valence-corrected chi connectivity index (χ1v) is 11.4. The lowest BCUT2D eigenvalue weighted by Crippen LogP contribution is -1.82. The van der Waals surface area contributed by atoms with Crippen LogP contribution in [0.25, 0.3) is 45.1 Å². The number of fused-ring (bicyclic) bond motifs is 2. The third kappa shape index (κ3) is 3.38. The minimum Gasteiger partial charge on any atom is -0.435 e. The molecular weight excluding hydrogens is 508 g/mol. The van der Waals surface area contributed by atoms with Gasteiger partial charge < -0.3 is 8.83 Å². The van der Waals surface area contributed by atoms with Crippen molar-refractivity contribution in [2.75, 3.05) is 0 Å². The van der Waals surface area contributed by atoms with E-state index in [-0.39, 0.29) is 0 Å². The van der Waals surface area contributed by atoms with Crippen LogP contribution in [0.1, 0.15) is 25.0 Å². The maximum Gasteiger partial charge on any atom is 0.227 e. The quantitative estimate of drug-likeness (QED) is 0.239. The van der Waals surface area contributed by atoms with Crippen molar-refractivity contribution in [2.45, 2.75) is 26.7 Å². The molecule has 0 amide bonds. The molecule has 3 aromatic carbocycles. The van der Waals surface area contributed by atoms with E-state index in [0.29, 0.717) is 11.8 Å². The molecule has 0 unspecified atom stereocenters. The van der Waals surface area contributed by atoms with Crippen molar-refractivity contribution in [3.63, 3.8) is 0 Å². The van der Waals surface area contributed by atoms with Crippen molar-refractivity contribution in [1.29, 1.82) is 0 Å². The van der Waals surface area contributed by atoms with E-state index in [4.69, 9.17) is 8.83 Å². The summed E-state index contributed by atoms with van der Waals surface area (Å²) in [6, 6.07) is 16.2. The molecule has 0 aliphatic heterocycles. The van der Waals surface area contributed by atoms with Crippen LogP contribution in [0.4, 0.5) is 0 Å². The molecule has 0 aliphatic carbocycles. The largest absolute Gasteiger partial charge is 0.435 e.